The van der Waals surface area contributed by atoms with Crippen molar-refractivity contribution < 1.29 is 101 Å². The first kappa shape index (κ1) is 88.8. The number of ether oxygens (including phenoxy) is 1. The number of aliphatic hydroxyl groups is 1. The lowest BCUT2D eigenvalue weighted by molar-refractivity contribution is -0.144. The zero-order valence-electron chi connectivity index (χ0n) is 62.8. The molecule has 1 unspecified atom stereocenters. The molecule has 1 saturated heterocycles. The number of nitrogens with one attached hydrogen (secondary N) is 14. The van der Waals surface area contributed by atoms with Gasteiger partial charge in [0.15, 0.2) is 0 Å². The monoisotopic (exact) mass is 1570 g/mol. The molecular weight excluding hydrogens is 1480 g/mol. The van der Waals surface area contributed by atoms with E-state index in [0.717, 1.165) is 33.1 Å². The van der Waals surface area contributed by atoms with Crippen molar-refractivity contribution in [2.45, 2.75) is 190 Å². The second-order valence-electron chi connectivity index (χ2n) is 27.7. The van der Waals surface area contributed by atoms with E-state index in [-0.39, 0.29) is 45.1 Å². The summed E-state index contributed by atoms with van der Waals surface area (Å²) in [5.74, 6) is -20.7. The molecule has 0 aliphatic carbocycles. The number of aliphatic hydroxyl groups excluding tert-OH is 1. The molecule has 39 heteroatoms. The number of carbonyl (C=O) groups is 18. The number of para-hydroxylation sites is 1. The topological polar surface area (TPSA) is 633 Å². The number of carboxylic acid groups (broad SMARTS) is 1. The lowest BCUT2D eigenvalue weighted by Gasteiger charge is -2.31. The van der Waals surface area contributed by atoms with Crippen molar-refractivity contribution in [3.63, 3.8) is 0 Å². The minimum atomic E-state index is -2.17. The van der Waals surface area contributed by atoms with Gasteiger partial charge in [-0.3, -0.25) is 81.5 Å². The maximum absolute atomic E-state index is 15.1. The van der Waals surface area contributed by atoms with Crippen molar-refractivity contribution in [1.82, 2.24) is 74.1 Å². The van der Waals surface area contributed by atoms with Crippen LogP contribution >= 0.6 is 0 Å². The molecule has 1 fully saturated rings. The van der Waals surface area contributed by atoms with Crippen molar-refractivity contribution >= 4 is 128 Å². The molecule has 1 aliphatic heterocycles. The lowest BCUT2D eigenvalue weighted by atomic mass is 9.98. The molecule has 0 radical (unpaired) electrons. The first-order valence-corrected chi connectivity index (χ1v) is 35.9. The molecule has 608 valence electrons. The van der Waals surface area contributed by atoms with E-state index in [0.29, 0.717) is 38.7 Å². The third-order valence-electron chi connectivity index (χ3n) is 18.0. The number of amides is 17. The summed E-state index contributed by atoms with van der Waals surface area (Å²) in [4.78, 5) is 251. The van der Waals surface area contributed by atoms with Crippen molar-refractivity contribution in [2.75, 3.05) is 13.7 Å². The fraction of sp³-hybridized carbons (Fsp3) is 0.432. The molecule has 12 atom stereocenters. The Morgan fingerprint density at radius 2 is 1.16 bits per heavy atom. The van der Waals surface area contributed by atoms with Crippen LogP contribution in [0.3, 0.4) is 0 Å². The Bertz CT molecular complexity index is 4390. The summed E-state index contributed by atoms with van der Waals surface area (Å²) in [6, 6.07) is 5.34. The van der Waals surface area contributed by atoms with Crippen LogP contribution in [-0.2, 0) is 106 Å². The number of H-pyrrole nitrogens is 1. The molecule has 2 heterocycles. The van der Waals surface area contributed by atoms with E-state index in [1.807, 2.05) is 11.4 Å². The number of hydrogen-bond donors (Lipinski definition) is 20. The first-order valence-electron chi connectivity index (χ1n) is 35.9. The zero-order chi connectivity index (χ0) is 83.6. The van der Waals surface area contributed by atoms with E-state index < -0.39 is 223 Å². The number of hydrogen-bond acceptors (Lipinski definition) is 20. The molecule has 5 aromatic rings. The predicted octanol–water partition coefficient (Wildman–Crippen LogP) is -5.33. The summed E-state index contributed by atoms with van der Waals surface area (Å²) >= 11 is 0. The number of aromatic nitrogens is 1. The second-order valence-corrected chi connectivity index (χ2v) is 27.7. The molecule has 24 N–H and O–H groups in total. The summed E-state index contributed by atoms with van der Waals surface area (Å²) in [6.07, 6.45) is -6.66. The smallest absolute Gasteiger partial charge is 0.326 e. The van der Waals surface area contributed by atoms with Crippen LogP contribution in [0.2, 0.25) is 0 Å². The Balaban J connectivity index is 1.45. The maximum Gasteiger partial charge on any atom is 0.326 e. The molecule has 0 spiro atoms. The Kier molecular flexibility index (Phi) is 32.7. The van der Waals surface area contributed by atoms with E-state index in [2.05, 4.69) is 68.8 Å². The summed E-state index contributed by atoms with van der Waals surface area (Å²) in [6.45, 7) is 5.37. The number of aromatic amines is 1. The molecule has 1 aliphatic rings. The van der Waals surface area contributed by atoms with Crippen molar-refractivity contribution in [1.29, 1.82) is 0 Å². The van der Waals surface area contributed by atoms with E-state index in [4.69, 9.17) is 27.7 Å². The SMILES string of the molecule is COc1ccc(C[C@@H]2NC(=O)[C@H](C)NC(=O)[C@H](CCC(N)=O)NC(=O)[C@H](Cc3c[nH]c4ccccc34)NC(=O)C([C@@H](C)O)NC(=O)[C@H](CC(N)=O)NC(=O)[C@H](NC(C)=O)CCCCNC(=O)C[C@H](C(=O)N[C@@H](CC(N)=O)C(=O)N[C@@H](CC(N)=O)C(=O)O)NC(=O)C(C)(C)NC(=O)[C@H](Cc3ccc4ccccc4c3)NC2=O)cc1. The number of benzene rings is 4. The van der Waals surface area contributed by atoms with Crippen molar-refractivity contribution in [2.24, 2.45) is 22.9 Å². The summed E-state index contributed by atoms with van der Waals surface area (Å²) < 4.78 is 5.33. The Morgan fingerprint density at radius 3 is 1.79 bits per heavy atom. The van der Waals surface area contributed by atoms with Gasteiger partial charge in [0.25, 0.3) is 0 Å². The Labute approximate surface area is 646 Å². The number of fused-ring (bicyclic) bond motifs is 2. The third kappa shape index (κ3) is 27.8. The van der Waals surface area contributed by atoms with Crippen LogP contribution in [0.1, 0.15) is 109 Å². The minimum Gasteiger partial charge on any atom is -0.497 e. The van der Waals surface area contributed by atoms with Gasteiger partial charge >= 0.3 is 5.97 Å². The van der Waals surface area contributed by atoms with Crippen molar-refractivity contribution in [3.8, 4) is 5.75 Å². The predicted molar refractivity (Wildman–Crippen MR) is 402 cm³/mol. The maximum atomic E-state index is 15.1. The molecule has 0 saturated carbocycles. The average Bonchev–Trinajstić information content (AvgIpc) is 1.79. The number of rotatable bonds is 23. The van der Waals surface area contributed by atoms with E-state index >= 15 is 9.59 Å². The molecule has 1 aromatic heterocycles. The highest BCUT2D eigenvalue weighted by Crippen LogP contribution is 2.22. The largest absolute Gasteiger partial charge is 0.497 e. The summed E-state index contributed by atoms with van der Waals surface area (Å²) in [5, 5.41) is 54.3. The fourth-order valence-corrected chi connectivity index (χ4v) is 12.0. The number of methoxy groups -OCH3 is 1. The van der Waals surface area contributed by atoms with Crippen LogP contribution in [0, 0.1) is 0 Å². The molecule has 39 nitrogen and oxygen atoms in total. The molecule has 4 aromatic carbocycles. The van der Waals surface area contributed by atoms with Crippen LogP contribution < -0.4 is 96.8 Å². The standard InChI is InChI=1S/C74H96N18O21/c1-36-62(100)84-49(28-39-19-22-44(113-6)23-20-39)65(103)85-50(29-40-18-21-41-13-7-8-14-42(41)27-40)70(108)92-74(4,5)73(112)90-54(68(106)87-52(31-57(76)96)67(105)89-55(72(110)111)33-59(78)98)34-60(99)79-26-12-11-17-47(82-38(3)94)64(102)86-53(32-58(77)97)69(107)91-61(37(2)93)71(109)88-51(30-43-35-80-46-16-10-9-15-45(43)46)66(104)83-48(63(101)81-36)24-25-56(75)95/h7-10,13-16,18-23,27,35-37,47-55,61,80,93H,11-12,17,24-26,28-34H2,1-6H3,(H2,75,95)(H2,76,96)(H2,77,97)(H2,78,98)(H,79,99)(H,81,101)(H,82,94)(H,83,104)(H,84,100)(H,85,103)(H,86,102)(H,87,106)(H,88,109)(H,89,105)(H,90,112)(H,91,107)(H,92,108)(H,110,111)/t36-,37+,47+,48-,49-,50-,51-,52-,53-,54+,55-,61?/m0/s1. The van der Waals surface area contributed by atoms with Gasteiger partial charge in [0.1, 0.15) is 77.7 Å². The van der Waals surface area contributed by atoms with Crippen LogP contribution in [-0.4, -0.2) is 213 Å². The van der Waals surface area contributed by atoms with Gasteiger partial charge in [-0.25, -0.2) is 4.79 Å². The molecule has 17 amide bonds. The van der Waals surface area contributed by atoms with E-state index in [1.54, 1.807) is 84.9 Å². The van der Waals surface area contributed by atoms with Crippen molar-refractivity contribution in [3.05, 3.63) is 114 Å². The van der Waals surface area contributed by atoms with Gasteiger partial charge in [-0.05, 0) is 99.0 Å². The highest BCUT2D eigenvalue weighted by molar-refractivity contribution is 6.03. The fourth-order valence-electron chi connectivity index (χ4n) is 12.0. The second kappa shape index (κ2) is 41.6. The zero-order valence-corrected chi connectivity index (χ0v) is 62.8. The van der Waals surface area contributed by atoms with Gasteiger partial charge in [-0.2, -0.15) is 0 Å². The number of carbonyl (C=O) groups excluding carboxylic acids is 17. The summed E-state index contributed by atoms with van der Waals surface area (Å²) in [7, 11) is 1.41. The highest BCUT2D eigenvalue weighted by atomic mass is 16.5. The number of aliphatic carboxylic acids is 1. The molecule has 0 bridgehead atoms. The number of primary amides is 4. The Hall–Kier alpha value is -13.1. The molecular formula is C74H96N18O21. The third-order valence-corrected chi connectivity index (χ3v) is 18.0. The van der Waals surface area contributed by atoms with Crippen LogP contribution in [0.15, 0.2) is 97.2 Å². The number of carboxylic acids is 1. The van der Waals surface area contributed by atoms with Crippen LogP contribution in [0.25, 0.3) is 21.7 Å². The number of nitrogens with two attached hydrogens (primary N) is 4. The van der Waals surface area contributed by atoms with Crippen LogP contribution in [0.5, 0.6) is 5.75 Å². The minimum absolute atomic E-state index is 0.0319. The molecule has 113 heavy (non-hydrogen) atoms. The van der Waals surface area contributed by atoms with Crippen LogP contribution in [0.4, 0.5) is 0 Å². The molecule has 6 rings (SSSR count). The van der Waals surface area contributed by atoms with Gasteiger partial charge in [0, 0.05) is 56.3 Å². The normalized spacial score (nSPS) is 22.0. The Morgan fingerprint density at radius 1 is 0.593 bits per heavy atom. The lowest BCUT2D eigenvalue weighted by Crippen LogP contribution is -2.64. The summed E-state index contributed by atoms with van der Waals surface area (Å²) in [5.41, 5.74) is 21.4. The van der Waals surface area contributed by atoms with Gasteiger partial charge in [0.05, 0.1) is 38.9 Å². The van der Waals surface area contributed by atoms with Gasteiger partial charge in [-0.15, -0.1) is 0 Å². The quantitative estimate of drug-likeness (QED) is 0.0290. The van der Waals surface area contributed by atoms with Gasteiger partial charge in [0.2, 0.25) is 100 Å². The van der Waals surface area contributed by atoms with E-state index in [9.17, 15) is 86.9 Å². The average molecular weight is 1570 g/mol. The van der Waals surface area contributed by atoms with Gasteiger partial charge < -0.3 is 112 Å². The highest BCUT2D eigenvalue weighted by Gasteiger charge is 2.41. The van der Waals surface area contributed by atoms with Gasteiger partial charge in [-0.1, -0.05) is 72.8 Å². The first-order chi connectivity index (χ1) is 53.3. The van der Waals surface area contributed by atoms with E-state index in [1.165, 1.54) is 20.2 Å².